The molecule has 0 spiro atoms. The van der Waals surface area contributed by atoms with Crippen molar-refractivity contribution in [2.24, 2.45) is 11.3 Å². The average molecular weight is 240 g/mol. The van der Waals surface area contributed by atoms with Crippen LogP contribution in [0.1, 0.15) is 46.5 Å². The van der Waals surface area contributed by atoms with Gasteiger partial charge in [0.15, 0.2) is 0 Å². The van der Waals surface area contributed by atoms with Crippen LogP contribution in [-0.2, 0) is 4.79 Å². The van der Waals surface area contributed by atoms with E-state index in [4.69, 9.17) is 0 Å². The number of hydrogen-bond donors (Lipinski definition) is 1. The van der Waals surface area contributed by atoms with Crippen LogP contribution < -0.4 is 5.32 Å². The quantitative estimate of drug-likeness (QED) is 0.817. The minimum atomic E-state index is 0.194. The fraction of sp³-hybridized carbons (Fsp3) is 0.929. The first-order valence-corrected chi connectivity index (χ1v) is 6.83. The molecule has 0 radical (unpaired) electrons. The number of amides is 1. The molecule has 1 fully saturated rings. The number of nitrogens with zero attached hydrogens (tertiary/aromatic N) is 1. The number of piperidine rings is 1. The number of carbonyl (C=O) groups excluding carboxylic acids is 1. The van der Waals surface area contributed by atoms with Gasteiger partial charge in [0.2, 0.25) is 5.91 Å². The van der Waals surface area contributed by atoms with Gasteiger partial charge in [-0.15, -0.1) is 0 Å². The summed E-state index contributed by atoms with van der Waals surface area (Å²) in [5, 5.41) is 3.36. The maximum Gasteiger partial charge on any atom is 0.222 e. The van der Waals surface area contributed by atoms with E-state index in [0.717, 1.165) is 38.4 Å². The first kappa shape index (κ1) is 14.5. The van der Waals surface area contributed by atoms with Crippen LogP contribution in [0.4, 0.5) is 0 Å². The molecule has 1 aliphatic rings. The molecule has 0 aromatic heterocycles. The van der Waals surface area contributed by atoms with Gasteiger partial charge in [-0.3, -0.25) is 4.79 Å². The van der Waals surface area contributed by atoms with Gasteiger partial charge in [0.05, 0.1) is 0 Å². The second-order valence-electron chi connectivity index (χ2n) is 6.54. The second-order valence-corrected chi connectivity index (χ2v) is 6.54. The van der Waals surface area contributed by atoms with Crippen LogP contribution >= 0.6 is 0 Å². The highest BCUT2D eigenvalue weighted by Gasteiger charge is 2.19. The molecule has 100 valence electrons. The Morgan fingerprint density at radius 2 is 1.88 bits per heavy atom. The van der Waals surface area contributed by atoms with E-state index in [9.17, 15) is 4.79 Å². The summed E-state index contributed by atoms with van der Waals surface area (Å²) in [6, 6.07) is 0. The summed E-state index contributed by atoms with van der Waals surface area (Å²) < 4.78 is 0. The van der Waals surface area contributed by atoms with E-state index in [1.807, 2.05) is 11.9 Å². The first-order chi connectivity index (χ1) is 7.88. The summed E-state index contributed by atoms with van der Waals surface area (Å²) in [4.78, 5) is 13.9. The Morgan fingerprint density at radius 1 is 1.29 bits per heavy atom. The third-order valence-electron chi connectivity index (χ3n) is 3.36. The minimum Gasteiger partial charge on any atom is -0.345 e. The van der Waals surface area contributed by atoms with Crippen molar-refractivity contribution in [1.82, 2.24) is 10.2 Å². The van der Waals surface area contributed by atoms with Crippen LogP contribution in [0, 0.1) is 11.3 Å². The maximum absolute atomic E-state index is 12.0. The molecule has 0 unspecified atom stereocenters. The monoisotopic (exact) mass is 240 g/mol. The molecule has 0 atom stereocenters. The van der Waals surface area contributed by atoms with Crippen LogP contribution in [0.3, 0.4) is 0 Å². The largest absolute Gasteiger partial charge is 0.345 e. The Bertz CT molecular complexity index is 239. The topological polar surface area (TPSA) is 32.3 Å². The summed E-state index contributed by atoms with van der Waals surface area (Å²) in [6.45, 7) is 9.60. The Labute approximate surface area is 106 Å². The van der Waals surface area contributed by atoms with Gasteiger partial charge in [-0.1, -0.05) is 20.8 Å². The summed E-state index contributed by atoms with van der Waals surface area (Å²) in [5.74, 6) is 1.06. The Morgan fingerprint density at radius 3 is 2.41 bits per heavy atom. The van der Waals surface area contributed by atoms with E-state index < -0.39 is 0 Å². The Kier molecular flexibility index (Phi) is 5.44. The normalized spacial score (nSPS) is 18.1. The third kappa shape index (κ3) is 6.06. The van der Waals surface area contributed by atoms with Crippen molar-refractivity contribution in [3.8, 4) is 0 Å². The van der Waals surface area contributed by atoms with Gasteiger partial charge in [-0.05, 0) is 43.7 Å². The number of nitrogens with one attached hydrogen (secondary N) is 1. The van der Waals surface area contributed by atoms with Gasteiger partial charge in [0.25, 0.3) is 0 Å². The van der Waals surface area contributed by atoms with Crippen LogP contribution in [0.15, 0.2) is 0 Å². The Hall–Kier alpha value is -0.570. The molecule has 3 heteroatoms. The summed E-state index contributed by atoms with van der Waals surface area (Å²) in [5.41, 5.74) is 0.194. The third-order valence-corrected chi connectivity index (χ3v) is 3.36. The molecular weight excluding hydrogens is 212 g/mol. The van der Waals surface area contributed by atoms with Crippen molar-refractivity contribution < 1.29 is 4.79 Å². The van der Waals surface area contributed by atoms with Crippen LogP contribution in [0.2, 0.25) is 0 Å². The number of hydrogen-bond acceptors (Lipinski definition) is 2. The molecule has 3 nitrogen and oxygen atoms in total. The Balaban J connectivity index is 2.23. The average Bonchev–Trinajstić information content (AvgIpc) is 2.25. The van der Waals surface area contributed by atoms with Crippen LogP contribution in [0.5, 0.6) is 0 Å². The molecule has 1 N–H and O–H groups in total. The fourth-order valence-electron chi connectivity index (χ4n) is 2.49. The van der Waals surface area contributed by atoms with E-state index >= 15 is 0 Å². The predicted molar refractivity (Wildman–Crippen MR) is 71.9 cm³/mol. The standard InChI is InChI=1S/C14H28N2O/c1-14(2,3)11-16(4)13(17)6-5-12-7-9-15-10-8-12/h12,15H,5-11H2,1-4H3. The molecule has 1 heterocycles. The molecule has 1 amide bonds. The van der Waals surface area contributed by atoms with Crippen molar-refractivity contribution in [1.29, 1.82) is 0 Å². The summed E-state index contributed by atoms with van der Waals surface area (Å²) in [6.07, 6.45) is 4.25. The zero-order valence-electron chi connectivity index (χ0n) is 11.9. The van der Waals surface area contributed by atoms with Gasteiger partial charge in [-0.25, -0.2) is 0 Å². The summed E-state index contributed by atoms with van der Waals surface area (Å²) >= 11 is 0. The molecule has 0 bridgehead atoms. The van der Waals surface area contributed by atoms with Crippen LogP contribution in [0.25, 0.3) is 0 Å². The van der Waals surface area contributed by atoms with E-state index in [0.29, 0.717) is 5.91 Å². The fourth-order valence-corrected chi connectivity index (χ4v) is 2.49. The van der Waals surface area contributed by atoms with Crippen molar-refractivity contribution in [2.45, 2.75) is 46.5 Å². The maximum atomic E-state index is 12.0. The van der Waals surface area contributed by atoms with E-state index in [1.165, 1.54) is 12.8 Å². The number of rotatable bonds is 4. The lowest BCUT2D eigenvalue weighted by Crippen LogP contribution is -2.35. The van der Waals surface area contributed by atoms with Gasteiger partial charge < -0.3 is 10.2 Å². The lowest BCUT2D eigenvalue weighted by atomic mass is 9.92. The molecule has 1 saturated heterocycles. The molecule has 0 aromatic rings. The predicted octanol–water partition coefficient (Wildman–Crippen LogP) is 2.27. The van der Waals surface area contributed by atoms with Gasteiger partial charge in [-0.2, -0.15) is 0 Å². The smallest absolute Gasteiger partial charge is 0.222 e. The van der Waals surface area contributed by atoms with Crippen LogP contribution in [-0.4, -0.2) is 37.5 Å². The number of carbonyl (C=O) groups is 1. The molecule has 17 heavy (non-hydrogen) atoms. The van der Waals surface area contributed by atoms with Gasteiger partial charge in [0, 0.05) is 20.0 Å². The van der Waals surface area contributed by atoms with Crippen molar-refractivity contribution in [2.75, 3.05) is 26.7 Å². The highest BCUT2D eigenvalue weighted by molar-refractivity contribution is 5.75. The van der Waals surface area contributed by atoms with E-state index in [1.54, 1.807) is 0 Å². The molecule has 0 aliphatic carbocycles. The van der Waals surface area contributed by atoms with Crippen molar-refractivity contribution in [3.05, 3.63) is 0 Å². The van der Waals surface area contributed by atoms with E-state index in [-0.39, 0.29) is 5.41 Å². The van der Waals surface area contributed by atoms with Gasteiger partial charge >= 0.3 is 0 Å². The molecule has 0 aromatic carbocycles. The molecule has 1 rings (SSSR count). The minimum absolute atomic E-state index is 0.194. The second kappa shape index (κ2) is 6.39. The van der Waals surface area contributed by atoms with Crippen molar-refractivity contribution in [3.63, 3.8) is 0 Å². The highest BCUT2D eigenvalue weighted by atomic mass is 16.2. The zero-order chi connectivity index (χ0) is 12.9. The molecule has 1 aliphatic heterocycles. The zero-order valence-corrected chi connectivity index (χ0v) is 11.9. The van der Waals surface area contributed by atoms with Crippen molar-refractivity contribution >= 4 is 5.91 Å². The lowest BCUT2D eigenvalue weighted by molar-refractivity contribution is -0.131. The summed E-state index contributed by atoms with van der Waals surface area (Å²) in [7, 11) is 1.93. The highest BCUT2D eigenvalue weighted by Crippen LogP contribution is 2.19. The van der Waals surface area contributed by atoms with E-state index in [2.05, 4.69) is 26.1 Å². The first-order valence-electron chi connectivity index (χ1n) is 6.83. The molecular formula is C14H28N2O. The van der Waals surface area contributed by atoms with Gasteiger partial charge in [0.1, 0.15) is 0 Å². The lowest BCUT2D eigenvalue weighted by Gasteiger charge is -2.28. The molecule has 0 saturated carbocycles. The SMILES string of the molecule is CN(CC(C)(C)C)C(=O)CCC1CCNCC1.